The first-order valence-electron chi connectivity index (χ1n) is 6.78. The number of carbonyl (C=O) groups excluding carboxylic acids is 1. The summed E-state index contributed by atoms with van der Waals surface area (Å²) in [6, 6.07) is 17.4. The molecule has 106 valence electrons. The van der Waals surface area contributed by atoms with Gasteiger partial charge in [0.25, 0.3) is 5.91 Å². The third kappa shape index (κ3) is 2.90. The van der Waals surface area contributed by atoms with Crippen molar-refractivity contribution in [3.63, 3.8) is 0 Å². The van der Waals surface area contributed by atoms with Gasteiger partial charge in [-0.25, -0.2) is 0 Å². The lowest BCUT2D eigenvalue weighted by atomic mass is 10.1. The standard InChI is InChI=1S/C17H16N2OS/c1-11(12-6-4-7-14(18)9-12)19-17(20)16-10-13-5-2-3-8-15(13)21-16/h2-11H,18H2,1H3,(H,19,20). The molecule has 0 saturated carbocycles. The van der Waals surface area contributed by atoms with Crippen molar-refractivity contribution in [1.29, 1.82) is 0 Å². The number of hydrogen-bond donors (Lipinski definition) is 2. The van der Waals surface area contributed by atoms with Crippen molar-refractivity contribution in [3.8, 4) is 0 Å². The van der Waals surface area contributed by atoms with Gasteiger partial charge in [0.15, 0.2) is 0 Å². The highest BCUT2D eigenvalue weighted by Gasteiger charge is 2.14. The van der Waals surface area contributed by atoms with E-state index in [0.29, 0.717) is 5.69 Å². The molecule has 3 aromatic rings. The molecule has 2 aromatic carbocycles. The molecule has 1 aromatic heterocycles. The highest BCUT2D eigenvalue weighted by molar-refractivity contribution is 7.20. The first-order chi connectivity index (χ1) is 10.1. The first-order valence-corrected chi connectivity index (χ1v) is 7.60. The van der Waals surface area contributed by atoms with E-state index >= 15 is 0 Å². The molecule has 0 aliphatic rings. The fourth-order valence-electron chi connectivity index (χ4n) is 2.27. The van der Waals surface area contributed by atoms with Gasteiger partial charge < -0.3 is 11.1 Å². The molecular weight excluding hydrogens is 280 g/mol. The predicted octanol–water partition coefficient (Wildman–Crippen LogP) is 3.97. The van der Waals surface area contributed by atoms with Crippen LogP contribution >= 0.6 is 11.3 Å². The Balaban J connectivity index is 1.79. The molecule has 0 aliphatic heterocycles. The molecule has 4 heteroatoms. The minimum absolute atomic E-state index is 0.0499. The van der Waals surface area contributed by atoms with E-state index in [-0.39, 0.29) is 11.9 Å². The summed E-state index contributed by atoms with van der Waals surface area (Å²) < 4.78 is 1.12. The fraction of sp³-hybridized carbons (Fsp3) is 0.118. The quantitative estimate of drug-likeness (QED) is 0.718. The maximum absolute atomic E-state index is 12.4. The molecule has 0 aliphatic carbocycles. The van der Waals surface area contributed by atoms with E-state index < -0.39 is 0 Å². The highest BCUT2D eigenvalue weighted by Crippen LogP contribution is 2.26. The van der Waals surface area contributed by atoms with E-state index in [9.17, 15) is 4.79 Å². The lowest BCUT2D eigenvalue weighted by Gasteiger charge is -2.14. The monoisotopic (exact) mass is 296 g/mol. The van der Waals surface area contributed by atoms with Crippen LogP contribution in [0.15, 0.2) is 54.6 Å². The van der Waals surface area contributed by atoms with Crippen molar-refractivity contribution in [2.45, 2.75) is 13.0 Å². The molecular formula is C17H16N2OS. The van der Waals surface area contributed by atoms with Crippen molar-refractivity contribution in [2.75, 3.05) is 5.73 Å². The Morgan fingerprint density at radius 1 is 1.14 bits per heavy atom. The van der Waals surface area contributed by atoms with Crippen molar-refractivity contribution in [2.24, 2.45) is 0 Å². The summed E-state index contributed by atoms with van der Waals surface area (Å²) in [6.45, 7) is 1.96. The largest absolute Gasteiger partial charge is 0.399 e. The number of benzene rings is 2. The van der Waals surface area contributed by atoms with E-state index in [4.69, 9.17) is 5.73 Å². The van der Waals surface area contributed by atoms with Crippen LogP contribution in [0.5, 0.6) is 0 Å². The van der Waals surface area contributed by atoms with E-state index in [2.05, 4.69) is 5.32 Å². The number of rotatable bonds is 3. The molecule has 3 nitrogen and oxygen atoms in total. The van der Waals surface area contributed by atoms with Gasteiger partial charge in [-0.05, 0) is 42.1 Å². The number of fused-ring (bicyclic) bond motifs is 1. The Morgan fingerprint density at radius 2 is 1.95 bits per heavy atom. The van der Waals surface area contributed by atoms with Crippen molar-refractivity contribution >= 4 is 33.0 Å². The summed E-state index contributed by atoms with van der Waals surface area (Å²) in [7, 11) is 0. The lowest BCUT2D eigenvalue weighted by Crippen LogP contribution is -2.25. The Morgan fingerprint density at radius 3 is 2.71 bits per heavy atom. The van der Waals surface area contributed by atoms with Crippen LogP contribution in [0, 0.1) is 0 Å². The van der Waals surface area contributed by atoms with Crippen LogP contribution in [-0.2, 0) is 0 Å². The molecule has 3 rings (SSSR count). The Kier molecular flexibility index (Phi) is 3.62. The normalized spacial score (nSPS) is 12.2. The van der Waals surface area contributed by atoms with Gasteiger partial charge in [-0.1, -0.05) is 30.3 Å². The van der Waals surface area contributed by atoms with Gasteiger partial charge in [0.2, 0.25) is 0 Å². The third-order valence-corrected chi connectivity index (χ3v) is 4.52. The second kappa shape index (κ2) is 5.58. The number of thiophene rings is 1. The zero-order valence-corrected chi connectivity index (χ0v) is 12.5. The maximum Gasteiger partial charge on any atom is 0.261 e. The van der Waals surface area contributed by atoms with Crippen molar-refractivity contribution < 1.29 is 4.79 Å². The number of nitrogens with two attached hydrogens (primary N) is 1. The molecule has 0 bridgehead atoms. The summed E-state index contributed by atoms with van der Waals surface area (Å²) in [5, 5.41) is 4.12. The summed E-state index contributed by atoms with van der Waals surface area (Å²) in [6.07, 6.45) is 0. The van der Waals surface area contributed by atoms with Crippen LogP contribution in [0.3, 0.4) is 0 Å². The Hall–Kier alpha value is -2.33. The van der Waals surface area contributed by atoms with Gasteiger partial charge in [-0.2, -0.15) is 0 Å². The molecule has 0 spiro atoms. The molecule has 1 atom stereocenters. The Bertz CT molecular complexity index is 761. The zero-order chi connectivity index (χ0) is 14.8. The molecule has 21 heavy (non-hydrogen) atoms. The molecule has 3 N–H and O–H groups in total. The highest BCUT2D eigenvalue weighted by atomic mass is 32.1. The number of carbonyl (C=O) groups is 1. The fourth-order valence-corrected chi connectivity index (χ4v) is 3.24. The summed E-state index contributed by atoms with van der Waals surface area (Å²) in [5.74, 6) is -0.0499. The number of nitrogens with one attached hydrogen (secondary N) is 1. The molecule has 0 radical (unpaired) electrons. The van der Waals surface area contributed by atoms with E-state index in [1.807, 2.05) is 61.5 Å². The number of hydrogen-bond acceptors (Lipinski definition) is 3. The SMILES string of the molecule is CC(NC(=O)c1cc2ccccc2s1)c1cccc(N)c1. The van der Waals surface area contributed by atoms with Crippen molar-refractivity contribution in [3.05, 3.63) is 65.0 Å². The number of nitrogen functional groups attached to an aromatic ring is 1. The van der Waals surface area contributed by atoms with Crippen LogP contribution in [0.4, 0.5) is 5.69 Å². The number of anilines is 1. The summed E-state index contributed by atoms with van der Waals surface area (Å²) in [5.41, 5.74) is 7.49. The number of amides is 1. The van der Waals surface area contributed by atoms with Crippen LogP contribution < -0.4 is 11.1 Å². The first kappa shape index (κ1) is 13.6. The molecule has 1 unspecified atom stereocenters. The van der Waals surface area contributed by atoms with Crippen LogP contribution in [0.2, 0.25) is 0 Å². The molecule has 1 heterocycles. The average molecular weight is 296 g/mol. The summed E-state index contributed by atoms with van der Waals surface area (Å²) >= 11 is 1.51. The summed E-state index contributed by atoms with van der Waals surface area (Å²) in [4.78, 5) is 13.1. The smallest absolute Gasteiger partial charge is 0.261 e. The van der Waals surface area contributed by atoms with Gasteiger partial charge in [-0.15, -0.1) is 11.3 Å². The lowest BCUT2D eigenvalue weighted by molar-refractivity contribution is 0.0944. The molecule has 0 fully saturated rings. The molecule has 0 saturated heterocycles. The van der Waals surface area contributed by atoms with Crippen LogP contribution in [-0.4, -0.2) is 5.91 Å². The van der Waals surface area contributed by atoms with E-state index in [0.717, 1.165) is 20.5 Å². The van der Waals surface area contributed by atoms with Crippen LogP contribution in [0.25, 0.3) is 10.1 Å². The van der Waals surface area contributed by atoms with E-state index in [1.54, 1.807) is 0 Å². The van der Waals surface area contributed by atoms with E-state index in [1.165, 1.54) is 11.3 Å². The minimum Gasteiger partial charge on any atom is -0.399 e. The van der Waals surface area contributed by atoms with Gasteiger partial charge >= 0.3 is 0 Å². The van der Waals surface area contributed by atoms with Gasteiger partial charge in [0, 0.05) is 10.4 Å². The average Bonchev–Trinajstić information content (AvgIpc) is 2.91. The minimum atomic E-state index is -0.0776. The van der Waals surface area contributed by atoms with Gasteiger partial charge in [0.05, 0.1) is 10.9 Å². The van der Waals surface area contributed by atoms with Crippen molar-refractivity contribution in [1.82, 2.24) is 5.32 Å². The second-order valence-corrected chi connectivity index (χ2v) is 6.10. The molecule has 1 amide bonds. The third-order valence-electron chi connectivity index (χ3n) is 3.41. The van der Waals surface area contributed by atoms with Gasteiger partial charge in [0.1, 0.15) is 0 Å². The van der Waals surface area contributed by atoms with Crippen LogP contribution in [0.1, 0.15) is 28.2 Å². The topological polar surface area (TPSA) is 55.1 Å². The Labute approximate surface area is 127 Å². The predicted molar refractivity (Wildman–Crippen MR) is 88.6 cm³/mol. The second-order valence-electron chi connectivity index (χ2n) is 5.01. The zero-order valence-electron chi connectivity index (χ0n) is 11.7. The van der Waals surface area contributed by atoms with Gasteiger partial charge in [-0.3, -0.25) is 4.79 Å². The maximum atomic E-state index is 12.4.